The van der Waals surface area contributed by atoms with Gasteiger partial charge in [0.15, 0.2) is 5.00 Å². The average molecular weight is 315 g/mol. The number of hydrogen-bond acceptors (Lipinski definition) is 6. The number of anilines is 1. The van der Waals surface area contributed by atoms with Crippen LogP contribution in [0.3, 0.4) is 0 Å². The molecule has 0 amide bonds. The molecule has 0 aliphatic heterocycles. The van der Waals surface area contributed by atoms with Crippen molar-refractivity contribution in [1.82, 2.24) is 4.31 Å². The van der Waals surface area contributed by atoms with E-state index in [1.165, 1.54) is 7.05 Å². The van der Waals surface area contributed by atoms with Gasteiger partial charge in [0.25, 0.3) is 16.4 Å². The van der Waals surface area contributed by atoms with Crippen LogP contribution in [-0.2, 0) is 10.0 Å². The van der Waals surface area contributed by atoms with Crippen LogP contribution in [0.4, 0.5) is 19.5 Å². The molecule has 7 nitrogen and oxygen atoms in total. The lowest BCUT2D eigenvalue weighted by molar-refractivity contribution is -0.383. The Labute approximate surface area is 112 Å². The molecule has 11 heteroatoms. The molecule has 0 fully saturated rings. The summed E-state index contributed by atoms with van der Waals surface area (Å²) in [6.45, 7) is -0.969. The van der Waals surface area contributed by atoms with Gasteiger partial charge in [-0.05, 0) is 0 Å². The second-order valence-electron chi connectivity index (χ2n) is 3.46. The van der Waals surface area contributed by atoms with Crippen molar-refractivity contribution in [2.75, 3.05) is 26.0 Å². The van der Waals surface area contributed by atoms with Crippen LogP contribution in [-0.4, -0.2) is 44.7 Å². The second-order valence-corrected chi connectivity index (χ2v) is 6.79. The van der Waals surface area contributed by atoms with Crippen LogP contribution in [0, 0.1) is 10.1 Å². The fraction of sp³-hybridized carbons (Fsp3) is 0.500. The van der Waals surface area contributed by atoms with E-state index in [9.17, 15) is 27.3 Å². The minimum Gasteiger partial charge on any atom is -0.374 e. The average Bonchev–Trinajstić information content (AvgIpc) is 2.72. The topological polar surface area (TPSA) is 92.6 Å². The van der Waals surface area contributed by atoms with Gasteiger partial charge >= 0.3 is 5.69 Å². The van der Waals surface area contributed by atoms with Crippen molar-refractivity contribution in [2.24, 2.45) is 0 Å². The van der Waals surface area contributed by atoms with E-state index >= 15 is 0 Å². The summed E-state index contributed by atoms with van der Waals surface area (Å²) < 4.78 is 48.3. The summed E-state index contributed by atoms with van der Waals surface area (Å²) in [6, 6.07) is 0.855. The molecule has 1 rings (SSSR count). The number of nitro groups is 1. The Hall–Kier alpha value is -1.33. The highest BCUT2D eigenvalue weighted by Crippen LogP contribution is 2.37. The van der Waals surface area contributed by atoms with E-state index in [4.69, 9.17) is 0 Å². The van der Waals surface area contributed by atoms with Crippen molar-refractivity contribution in [1.29, 1.82) is 0 Å². The first-order valence-electron chi connectivity index (χ1n) is 4.90. The molecule has 1 N–H and O–H groups in total. The molecule has 1 aromatic heterocycles. The zero-order valence-corrected chi connectivity index (χ0v) is 11.6. The Bertz CT molecular complexity index is 573. The minimum absolute atomic E-state index is 0.0500. The number of alkyl halides is 2. The van der Waals surface area contributed by atoms with Gasteiger partial charge < -0.3 is 5.32 Å². The van der Waals surface area contributed by atoms with Crippen LogP contribution in [0.25, 0.3) is 0 Å². The number of thiophene rings is 1. The monoisotopic (exact) mass is 315 g/mol. The summed E-state index contributed by atoms with van der Waals surface area (Å²) in [5.41, 5.74) is -0.406. The highest BCUT2D eigenvalue weighted by molar-refractivity contribution is 7.91. The molecule has 0 saturated heterocycles. The van der Waals surface area contributed by atoms with Crippen LogP contribution in [0.5, 0.6) is 0 Å². The molecule has 19 heavy (non-hydrogen) atoms. The summed E-state index contributed by atoms with van der Waals surface area (Å²) in [6.07, 6.45) is -2.82. The molecule has 1 heterocycles. The maximum Gasteiger partial charge on any atom is 0.304 e. The van der Waals surface area contributed by atoms with Crippen LogP contribution in [0.1, 0.15) is 0 Å². The fourth-order valence-corrected chi connectivity index (χ4v) is 3.89. The van der Waals surface area contributed by atoms with Gasteiger partial charge in [-0.25, -0.2) is 17.2 Å². The molecular weight excluding hydrogens is 304 g/mol. The second kappa shape index (κ2) is 5.75. The van der Waals surface area contributed by atoms with Gasteiger partial charge in [0.05, 0.1) is 11.5 Å². The Morgan fingerprint density at radius 3 is 2.53 bits per heavy atom. The molecule has 0 radical (unpaired) electrons. The van der Waals surface area contributed by atoms with E-state index in [0.29, 0.717) is 15.6 Å². The Kier molecular flexibility index (Phi) is 4.76. The Morgan fingerprint density at radius 1 is 1.58 bits per heavy atom. The Morgan fingerprint density at radius 2 is 2.16 bits per heavy atom. The molecule has 0 aliphatic carbocycles. The molecule has 0 atom stereocenters. The molecular formula is C8H11F2N3O4S2. The van der Waals surface area contributed by atoms with Crippen molar-refractivity contribution in [3.05, 3.63) is 16.2 Å². The van der Waals surface area contributed by atoms with Crippen LogP contribution < -0.4 is 5.32 Å². The summed E-state index contributed by atoms with van der Waals surface area (Å²) in [7, 11) is -1.76. The van der Waals surface area contributed by atoms with Crippen molar-refractivity contribution in [3.8, 4) is 0 Å². The van der Waals surface area contributed by atoms with Crippen LogP contribution in [0.15, 0.2) is 10.3 Å². The Balaban J connectivity index is 3.19. The van der Waals surface area contributed by atoms with Crippen molar-refractivity contribution >= 4 is 32.0 Å². The molecule has 1 aromatic rings. The van der Waals surface area contributed by atoms with Gasteiger partial charge in [-0.3, -0.25) is 10.1 Å². The largest absolute Gasteiger partial charge is 0.374 e. The first-order chi connectivity index (χ1) is 8.70. The number of rotatable bonds is 6. The smallest absolute Gasteiger partial charge is 0.304 e. The normalized spacial score (nSPS) is 12.1. The predicted molar refractivity (Wildman–Crippen MR) is 66.3 cm³/mol. The van der Waals surface area contributed by atoms with Gasteiger partial charge in [-0.1, -0.05) is 11.3 Å². The summed E-state index contributed by atoms with van der Waals surface area (Å²) in [5, 5.41) is 13.3. The third kappa shape index (κ3) is 3.36. The van der Waals surface area contributed by atoms with Crippen LogP contribution in [0.2, 0.25) is 0 Å². The van der Waals surface area contributed by atoms with Gasteiger partial charge in [-0.2, -0.15) is 4.31 Å². The predicted octanol–water partition coefficient (Wildman–Crippen LogP) is 1.58. The van der Waals surface area contributed by atoms with E-state index < -0.39 is 33.6 Å². The van der Waals surface area contributed by atoms with E-state index in [2.05, 4.69) is 5.32 Å². The van der Waals surface area contributed by atoms with E-state index in [1.54, 1.807) is 0 Å². The molecule has 108 valence electrons. The van der Waals surface area contributed by atoms with E-state index in [0.717, 1.165) is 13.1 Å². The fourth-order valence-electron chi connectivity index (χ4n) is 1.25. The minimum atomic E-state index is -4.15. The quantitative estimate of drug-likeness (QED) is 0.635. The third-order valence-electron chi connectivity index (χ3n) is 2.17. The number of nitrogens with one attached hydrogen (secondary N) is 1. The standard InChI is InChI=1S/C8H11F2N3O4S2/c1-11-8-5(13(14)15)3-7(18-8)19(16,17)12(2)4-6(9)10/h3,6,11H,4H2,1-2H3. The van der Waals surface area contributed by atoms with Crippen molar-refractivity contribution in [3.63, 3.8) is 0 Å². The lowest BCUT2D eigenvalue weighted by atomic mass is 10.5. The number of hydrogen-bond donors (Lipinski definition) is 1. The first-order valence-corrected chi connectivity index (χ1v) is 7.16. The number of halogens is 2. The van der Waals surface area contributed by atoms with Crippen molar-refractivity contribution < 1.29 is 22.1 Å². The van der Waals surface area contributed by atoms with E-state index in [1.807, 2.05) is 0 Å². The molecule has 0 saturated carbocycles. The molecule has 0 aromatic carbocycles. The summed E-state index contributed by atoms with van der Waals surface area (Å²) in [5.74, 6) is 0. The van der Waals surface area contributed by atoms with Crippen LogP contribution >= 0.6 is 11.3 Å². The lowest BCUT2D eigenvalue weighted by Gasteiger charge is -2.14. The third-order valence-corrected chi connectivity index (χ3v) is 5.59. The van der Waals surface area contributed by atoms with E-state index in [-0.39, 0.29) is 9.21 Å². The molecule has 0 bridgehead atoms. The van der Waals surface area contributed by atoms with Crippen molar-refractivity contribution in [2.45, 2.75) is 10.6 Å². The molecule has 0 aliphatic rings. The SMILES string of the molecule is CNc1sc(S(=O)(=O)N(C)CC(F)F)cc1[N+](=O)[O-]. The number of sulfonamides is 1. The molecule has 0 spiro atoms. The van der Waals surface area contributed by atoms with Gasteiger partial charge in [0.2, 0.25) is 0 Å². The lowest BCUT2D eigenvalue weighted by Crippen LogP contribution is -2.30. The zero-order valence-electron chi connectivity index (χ0n) is 9.96. The maximum absolute atomic E-state index is 12.2. The highest BCUT2D eigenvalue weighted by atomic mass is 32.2. The molecule has 0 unspecified atom stereocenters. The van der Waals surface area contributed by atoms with Gasteiger partial charge in [0, 0.05) is 20.2 Å². The number of nitrogens with zero attached hydrogens (tertiary/aromatic N) is 2. The highest BCUT2D eigenvalue weighted by Gasteiger charge is 2.30. The maximum atomic E-state index is 12.2. The van der Waals surface area contributed by atoms with Gasteiger partial charge in [-0.15, -0.1) is 0 Å². The zero-order chi connectivity index (χ0) is 14.8. The summed E-state index contributed by atoms with van der Waals surface area (Å²) >= 11 is 0.623. The summed E-state index contributed by atoms with van der Waals surface area (Å²) in [4.78, 5) is 9.97. The first kappa shape index (κ1) is 15.7. The van der Waals surface area contributed by atoms with Gasteiger partial charge in [0.1, 0.15) is 4.21 Å².